The zero-order chi connectivity index (χ0) is 13.7. The van der Waals surface area contributed by atoms with Crippen molar-refractivity contribution in [1.29, 1.82) is 0 Å². The highest BCUT2D eigenvalue weighted by molar-refractivity contribution is 5.60. The number of anilines is 1. The van der Waals surface area contributed by atoms with E-state index in [2.05, 4.69) is 24.1 Å². The third-order valence-electron chi connectivity index (χ3n) is 3.43. The van der Waals surface area contributed by atoms with Crippen LogP contribution in [-0.2, 0) is 0 Å². The summed E-state index contributed by atoms with van der Waals surface area (Å²) in [6.45, 7) is 8.03. The van der Waals surface area contributed by atoms with E-state index in [1.54, 1.807) is 19.2 Å². The molecule has 0 aliphatic heterocycles. The molecule has 1 N–H and O–H groups in total. The van der Waals surface area contributed by atoms with E-state index in [1.807, 2.05) is 6.92 Å². The van der Waals surface area contributed by atoms with Gasteiger partial charge in [0.15, 0.2) is 0 Å². The highest BCUT2D eigenvalue weighted by Gasteiger charge is 2.22. The predicted octanol–water partition coefficient (Wildman–Crippen LogP) is 3.53. The van der Waals surface area contributed by atoms with Crippen LogP contribution in [0.5, 0.6) is 0 Å². The minimum Gasteiger partial charge on any atom is -0.362 e. The van der Waals surface area contributed by atoms with E-state index in [4.69, 9.17) is 0 Å². The molecule has 1 aromatic rings. The Labute approximate surface area is 108 Å². The van der Waals surface area contributed by atoms with Gasteiger partial charge in [-0.15, -0.1) is 0 Å². The number of nitrogens with one attached hydrogen (secondary N) is 1. The molecule has 5 nitrogen and oxygen atoms in total. The standard InChI is InChI=1S/C13H21N3O2/c1-5-11(6-2)10(4)15-13-12(16(17)18)9(3)7-8-14-13/h7-8,10-11H,5-6H2,1-4H3,(H,14,15). The molecular formula is C13H21N3O2. The van der Waals surface area contributed by atoms with Crippen LogP contribution in [0, 0.1) is 23.0 Å². The summed E-state index contributed by atoms with van der Waals surface area (Å²) < 4.78 is 0. The summed E-state index contributed by atoms with van der Waals surface area (Å²) in [6, 6.07) is 1.83. The largest absolute Gasteiger partial charge is 0.362 e. The molecule has 0 bridgehead atoms. The van der Waals surface area contributed by atoms with Crippen LogP contribution in [0.15, 0.2) is 12.3 Å². The SMILES string of the molecule is CCC(CC)C(C)Nc1nccc(C)c1[N+](=O)[O-]. The normalized spacial score (nSPS) is 12.5. The second-order valence-electron chi connectivity index (χ2n) is 4.59. The van der Waals surface area contributed by atoms with Crippen molar-refractivity contribution in [3.63, 3.8) is 0 Å². The van der Waals surface area contributed by atoms with Gasteiger partial charge in [-0.05, 0) is 25.8 Å². The van der Waals surface area contributed by atoms with Gasteiger partial charge in [0.2, 0.25) is 5.82 Å². The van der Waals surface area contributed by atoms with E-state index in [0.717, 1.165) is 12.8 Å². The van der Waals surface area contributed by atoms with Crippen LogP contribution in [-0.4, -0.2) is 15.9 Å². The van der Waals surface area contributed by atoms with Crippen LogP contribution in [0.2, 0.25) is 0 Å². The van der Waals surface area contributed by atoms with E-state index in [9.17, 15) is 10.1 Å². The van der Waals surface area contributed by atoms with Crippen LogP contribution >= 0.6 is 0 Å². The number of rotatable bonds is 6. The van der Waals surface area contributed by atoms with Gasteiger partial charge in [0, 0.05) is 17.8 Å². The molecule has 0 saturated heterocycles. The van der Waals surface area contributed by atoms with Crippen molar-refractivity contribution in [3.05, 3.63) is 27.9 Å². The van der Waals surface area contributed by atoms with Crippen LogP contribution in [0.25, 0.3) is 0 Å². The first-order valence-corrected chi connectivity index (χ1v) is 6.37. The minimum atomic E-state index is -0.371. The molecule has 100 valence electrons. The molecule has 5 heteroatoms. The maximum Gasteiger partial charge on any atom is 0.314 e. The summed E-state index contributed by atoms with van der Waals surface area (Å²) >= 11 is 0. The smallest absolute Gasteiger partial charge is 0.314 e. The molecule has 0 fully saturated rings. The Morgan fingerprint density at radius 3 is 2.56 bits per heavy atom. The Morgan fingerprint density at radius 1 is 1.44 bits per heavy atom. The zero-order valence-electron chi connectivity index (χ0n) is 11.4. The molecule has 1 rings (SSSR count). The second kappa shape index (κ2) is 6.33. The van der Waals surface area contributed by atoms with Gasteiger partial charge in [0.1, 0.15) is 0 Å². The molecular weight excluding hydrogens is 230 g/mol. The number of nitro groups is 1. The van der Waals surface area contributed by atoms with Gasteiger partial charge >= 0.3 is 5.69 Å². The topological polar surface area (TPSA) is 68.1 Å². The molecule has 0 aromatic carbocycles. The summed E-state index contributed by atoms with van der Waals surface area (Å²) in [5.74, 6) is 0.867. The molecule has 0 aliphatic carbocycles. The Balaban J connectivity index is 2.97. The molecule has 0 radical (unpaired) electrons. The van der Waals surface area contributed by atoms with Gasteiger partial charge < -0.3 is 5.32 Å². The first-order chi connectivity index (χ1) is 8.51. The van der Waals surface area contributed by atoms with Gasteiger partial charge in [-0.25, -0.2) is 4.98 Å². The zero-order valence-corrected chi connectivity index (χ0v) is 11.4. The molecule has 0 aliphatic rings. The number of aryl methyl sites for hydroxylation is 1. The van der Waals surface area contributed by atoms with Crippen molar-refractivity contribution in [1.82, 2.24) is 4.98 Å². The minimum absolute atomic E-state index is 0.0790. The number of aromatic nitrogens is 1. The molecule has 1 atom stereocenters. The van der Waals surface area contributed by atoms with Crippen molar-refractivity contribution >= 4 is 11.5 Å². The fraction of sp³-hybridized carbons (Fsp3) is 0.615. The summed E-state index contributed by atoms with van der Waals surface area (Å²) in [4.78, 5) is 14.8. The monoisotopic (exact) mass is 251 g/mol. The molecule has 1 unspecified atom stereocenters. The summed E-state index contributed by atoms with van der Waals surface area (Å²) in [5.41, 5.74) is 0.713. The predicted molar refractivity (Wildman–Crippen MR) is 72.8 cm³/mol. The van der Waals surface area contributed by atoms with Gasteiger partial charge in [-0.2, -0.15) is 0 Å². The van der Waals surface area contributed by atoms with Crippen molar-refractivity contribution in [2.24, 2.45) is 5.92 Å². The van der Waals surface area contributed by atoms with Crippen LogP contribution < -0.4 is 5.32 Å². The Bertz CT molecular complexity index is 417. The Kier molecular flexibility index (Phi) is 5.07. The average Bonchev–Trinajstić information content (AvgIpc) is 2.30. The highest BCUT2D eigenvalue weighted by atomic mass is 16.6. The van der Waals surface area contributed by atoms with Gasteiger partial charge in [0.25, 0.3) is 0 Å². The summed E-state index contributed by atoms with van der Waals surface area (Å²) in [7, 11) is 0. The van der Waals surface area contributed by atoms with E-state index in [0.29, 0.717) is 17.3 Å². The van der Waals surface area contributed by atoms with E-state index < -0.39 is 0 Å². The second-order valence-corrected chi connectivity index (χ2v) is 4.59. The lowest BCUT2D eigenvalue weighted by Gasteiger charge is -2.22. The maximum absolute atomic E-state index is 11.1. The third kappa shape index (κ3) is 3.18. The maximum atomic E-state index is 11.1. The summed E-state index contributed by atoms with van der Waals surface area (Å²) in [6.07, 6.45) is 3.69. The molecule has 1 heterocycles. The molecule has 0 amide bonds. The van der Waals surface area contributed by atoms with Crippen molar-refractivity contribution in [2.45, 2.75) is 46.6 Å². The van der Waals surface area contributed by atoms with Crippen LogP contribution in [0.4, 0.5) is 11.5 Å². The summed E-state index contributed by atoms with van der Waals surface area (Å²) in [5, 5.41) is 14.2. The van der Waals surface area contributed by atoms with Crippen molar-refractivity contribution < 1.29 is 4.92 Å². The number of pyridine rings is 1. The average molecular weight is 251 g/mol. The van der Waals surface area contributed by atoms with Gasteiger partial charge in [-0.3, -0.25) is 10.1 Å². The van der Waals surface area contributed by atoms with Gasteiger partial charge in [-0.1, -0.05) is 26.7 Å². The fourth-order valence-electron chi connectivity index (χ4n) is 2.22. The molecule has 1 aromatic heterocycles. The first kappa shape index (κ1) is 14.4. The quantitative estimate of drug-likeness (QED) is 0.620. The number of hydrogen-bond donors (Lipinski definition) is 1. The fourth-order valence-corrected chi connectivity index (χ4v) is 2.22. The Hall–Kier alpha value is -1.65. The van der Waals surface area contributed by atoms with E-state index in [-0.39, 0.29) is 16.7 Å². The molecule has 0 spiro atoms. The lowest BCUT2D eigenvalue weighted by molar-refractivity contribution is -0.384. The van der Waals surface area contributed by atoms with Crippen molar-refractivity contribution in [3.8, 4) is 0 Å². The highest BCUT2D eigenvalue weighted by Crippen LogP contribution is 2.27. The lowest BCUT2D eigenvalue weighted by atomic mass is 9.95. The van der Waals surface area contributed by atoms with Gasteiger partial charge in [0.05, 0.1) is 4.92 Å². The molecule has 18 heavy (non-hydrogen) atoms. The van der Waals surface area contributed by atoms with Crippen molar-refractivity contribution in [2.75, 3.05) is 5.32 Å². The van der Waals surface area contributed by atoms with Crippen LogP contribution in [0.1, 0.15) is 39.2 Å². The van der Waals surface area contributed by atoms with Crippen LogP contribution in [0.3, 0.4) is 0 Å². The Morgan fingerprint density at radius 2 is 2.06 bits per heavy atom. The third-order valence-corrected chi connectivity index (χ3v) is 3.43. The number of hydrogen-bond acceptors (Lipinski definition) is 4. The van der Waals surface area contributed by atoms with E-state index in [1.165, 1.54) is 0 Å². The first-order valence-electron chi connectivity index (χ1n) is 6.37. The molecule has 0 saturated carbocycles. The number of nitrogens with zero attached hydrogens (tertiary/aromatic N) is 2. The van der Waals surface area contributed by atoms with E-state index >= 15 is 0 Å². The lowest BCUT2D eigenvalue weighted by Crippen LogP contribution is -2.26.